The first-order chi connectivity index (χ1) is 8.66. The van der Waals surface area contributed by atoms with Crippen LogP contribution in [0.25, 0.3) is 0 Å². The number of nitrogens with one attached hydrogen (secondary N) is 1. The first-order valence-corrected chi connectivity index (χ1v) is 5.91. The third-order valence-corrected chi connectivity index (χ3v) is 2.82. The number of amides is 1. The van der Waals surface area contributed by atoms with Crippen molar-refractivity contribution in [3.05, 3.63) is 65.2 Å². The molecule has 3 N–H and O–H groups in total. The maximum atomic E-state index is 11.5. The Labute approximate surface area is 111 Å². The average Bonchev–Trinajstić information content (AvgIpc) is 2.38. The fourth-order valence-corrected chi connectivity index (χ4v) is 1.80. The lowest BCUT2D eigenvalue weighted by molar-refractivity contribution is -0.118. The molecule has 2 aromatic rings. The van der Waals surface area contributed by atoms with Crippen LogP contribution in [0.2, 0.25) is 5.02 Å². The molecule has 0 radical (unpaired) electrons. The lowest BCUT2D eigenvalue weighted by Gasteiger charge is -2.17. The second kappa shape index (κ2) is 5.56. The zero-order chi connectivity index (χ0) is 13.0. The van der Waals surface area contributed by atoms with Crippen molar-refractivity contribution in [1.29, 1.82) is 0 Å². The normalized spacial score (nSPS) is 11.8. The molecule has 0 heterocycles. The minimum atomic E-state index is -0.549. The van der Waals surface area contributed by atoms with E-state index in [0.717, 1.165) is 11.3 Å². The van der Waals surface area contributed by atoms with Crippen molar-refractivity contribution < 1.29 is 4.79 Å². The van der Waals surface area contributed by atoms with E-state index >= 15 is 0 Å². The van der Waals surface area contributed by atoms with Crippen LogP contribution in [0.3, 0.4) is 0 Å². The number of primary amides is 1. The van der Waals surface area contributed by atoms with Crippen molar-refractivity contribution in [3.8, 4) is 0 Å². The molecule has 1 amide bonds. The standard InChI is InChI=1S/C14H13ClN2O/c15-11-6-8-12(9-7-11)17-13(14(16)18)10-4-2-1-3-5-10/h1-9,13,17H,(H2,16,18)/t13-/m0/s1. The quantitative estimate of drug-likeness (QED) is 0.888. The molecule has 1 atom stereocenters. The molecule has 18 heavy (non-hydrogen) atoms. The molecule has 2 rings (SSSR count). The number of benzene rings is 2. The Morgan fingerprint density at radius 2 is 1.67 bits per heavy atom. The van der Waals surface area contributed by atoms with Crippen LogP contribution in [0, 0.1) is 0 Å². The fraction of sp³-hybridized carbons (Fsp3) is 0.0714. The highest BCUT2D eigenvalue weighted by molar-refractivity contribution is 6.30. The van der Waals surface area contributed by atoms with Crippen LogP contribution in [0.1, 0.15) is 11.6 Å². The highest BCUT2D eigenvalue weighted by Crippen LogP contribution is 2.20. The summed E-state index contributed by atoms with van der Waals surface area (Å²) in [4.78, 5) is 11.5. The first kappa shape index (κ1) is 12.5. The van der Waals surface area contributed by atoms with Crippen LogP contribution < -0.4 is 11.1 Å². The van der Waals surface area contributed by atoms with Gasteiger partial charge in [-0.3, -0.25) is 4.79 Å². The van der Waals surface area contributed by atoms with Crippen molar-refractivity contribution in [2.45, 2.75) is 6.04 Å². The van der Waals surface area contributed by atoms with E-state index in [-0.39, 0.29) is 0 Å². The minimum Gasteiger partial charge on any atom is -0.370 e. The van der Waals surface area contributed by atoms with Crippen molar-refractivity contribution >= 4 is 23.2 Å². The largest absolute Gasteiger partial charge is 0.370 e. The van der Waals surface area contributed by atoms with E-state index in [9.17, 15) is 4.79 Å². The number of carbonyl (C=O) groups is 1. The Hall–Kier alpha value is -2.00. The molecule has 0 fully saturated rings. The summed E-state index contributed by atoms with van der Waals surface area (Å²) in [6.07, 6.45) is 0. The molecule has 0 aromatic heterocycles. The summed E-state index contributed by atoms with van der Waals surface area (Å²) in [5.41, 5.74) is 7.05. The van der Waals surface area contributed by atoms with E-state index in [1.165, 1.54) is 0 Å². The number of rotatable bonds is 4. The molecule has 3 nitrogen and oxygen atoms in total. The van der Waals surface area contributed by atoms with E-state index in [0.29, 0.717) is 5.02 Å². The zero-order valence-corrected chi connectivity index (χ0v) is 10.4. The number of hydrogen-bond acceptors (Lipinski definition) is 2. The van der Waals surface area contributed by atoms with Gasteiger partial charge < -0.3 is 11.1 Å². The van der Waals surface area contributed by atoms with Crippen LogP contribution >= 0.6 is 11.6 Å². The lowest BCUT2D eigenvalue weighted by Crippen LogP contribution is -2.27. The molecule has 0 saturated carbocycles. The Morgan fingerprint density at radius 3 is 2.22 bits per heavy atom. The molecule has 92 valence electrons. The number of halogens is 1. The van der Waals surface area contributed by atoms with Crippen LogP contribution in [-0.4, -0.2) is 5.91 Å². The SMILES string of the molecule is NC(=O)[C@@H](Nc1ccc(Cl)cc1)c1ccccc1. The van der Waals surface area contributed by atoms with Crippen molar-refractivity contribution in [1.82, 2.24) is 0 Å². The predicted octanol–water partition coefficient (Wildman–Crippen LogP) is 2.98. The van der Waals surface area contributed by atoms with E-state index < -0.39 is 11.9 Å². The Balaban J connectivity index is 2.22. The summed E-state index contributed by atoms with van der Waals surface area (Å²) in [7, 11) is 0. The van der Waals surface area contributed by atoms with Gasteiger partial charge in [-0.05, 0) is 29.8 Å². The van der Waals surface area contributed by atoms with Gasteiger partial charge in [-0.25, -0.2) is 0 Å². The summed E-state index contributed by atoms with van der Waals surface area (Å²) in [6.45, 7) is 0. The molecule has 0 spiro atoms. The van der Waals surface area contributed by atoms with Crippen molar-refractivity contribution in [2.24, 2.45) is 5.73 Å². The number of hydrogen-bond donors (Lipinski definition) is 2. The lowest BCUT2D eigenvalue weighted by atomic mass is 10.1. The fourth-order valence-electron chi connectivity index (χ4n) is 1.68. The maximum absolute atomic E-state index is 11.5. The van der Waals surface area contributed by atoms with Gasteiger partial charge in [0.15, 0.2) is 0 Å². The van der Waals surface area contributed by atoms with Gasteiger partial charge in [0.2, 0.25) is 5.91 Å². The van der Waals surface area contributed by atoms with Crippen LogP contribution in [-0.2, 0) is 4.79 Å². The topological polar surface area (TPSA) is 55.1 Å². The summed E-state index contributed by atoms with van der Waals surface area (Å²) in [5, 5.41) is 3.74. The second-order valence-corrected chi connectivity index (χ2v) is 4.33. The van der Waals surface area contributed by atoms with Gasteiger partial charge in [0.05, 0.1) is 0 Å². The third-order valence-electron chi connectivity index (χ3n) is 2.57. The van der Waals surface area contributed by atoms with E-state index in [2.05, 4.69) is 5.32 Å². The highest BCUT2D eigenvalue weighted by Gasteiger charge is 2.16. The van der Waals surface area contributed by atoms with Gasteiger partial charge in [0, 0.05) is 10.7 Å². The predicted molar refractivity (Wildman–Crippen MR) is 73.5 cm³/mol. The van der Waals surface area contributed by atoms with Gasteiger partial charge in [0.1, 0.15) is 6.04 Å². The van der Waals surface area contributed by atoms with Crippen LogP contribution in [0.4, 0.5) is 5.69 Å². The second-order valence-electron chi connectivity index (χ2n) is 3.90. The number of nitrogens with two attached hydrogens (primary N) is 1. The molecule has 0 aliphatic carbocycles. The summed E-state index contributed by atoms with van der Waals surface area (Å²) >= 11 is 5.81. The highest BCUT2D eigenvalue weighted by atomic mass is 35.5. The van der Waals surface area contributed by atoms with Gasteiger partial charge in [-0.2, -0.15) is 0 Å². The van der Waals surface area contributed by atoms with Gasteiger partial charge in [-0.15, -0.1) is 0 Å². The van der Waals surface area contributed by atoms with E-state index in [1.54, 1.807) is 24.3 Å². The Morgan fingerprint density at radius 1 is 1.06 bits per heavy atom. The molecule has 0 unspecified atom stereocenters. The van der Waals surface area contributed by atoms with E-state index in [1.807, 2.05) is 30.3 Å². The van der Waals surface area contributed by atoms with Gasteiger partial charge in [0.25, 0.3) is 0 Å². The third kappa shape index (κ3) is 3.02. The molecular formula is C14H13ClN2O. The Bertz CT molecular complexity index is 525. The Kier molecular flexibility index (Phi) is 3.85. The summed E-state index contributed by atoms with van der Waals surface area (Å²) in [5.74, 6) is -0.420. The van der Waals surface area contributed by atoms with Gasteiger partial charge in [-0.1, -0.05) is 41.9 Å². The van der Waals surface area contributed by atoms with Crippen LogP contribution in [0.15, 0.2) is 54.6 Å². The van der Waals surface area contributed by atoms with Crippen LogP contribution in [0.5, 0.6) is 0 Å². The molecule has 0 bridgehead atoms. The van der Waals surface area contributed by atoms with Crippen molar-refractivity contribution in [3.63, 3.8) is 0 Å². The summed E-state index contributed by atoms with van der Waals surface area (Å²) in [6, 6.07) is 15.9. The molecule has 2 aromatic carbocycles. The maximum Gasteiger partial charge on any atom is 0.244 e. The molecular weight excluding hydrogens is 248 g/mol. The first-order valence-electron chi connectivity index (χ1n) is 5.53. The van der Waals surface area contributed by atoms with Gasteiger partial charge >= 0.3 is 0 Å². The number of anilines is 1. The summed E-state index contributed by atoms with van der Waals surface area (Å²) < 4.78 is 0. The molecule has 0 aliphatic heterocycles. The average molecular weight is 261 g/mol. The van der Waals surface area contributed by atoms with Crippen molar-refractivity contribution in [2.75, 3.05) is 5.32 Å². The van der Waals surface area contributed by atoms with E-state index in [4.69, 9.17) is 17.3 Å². The zero-order valence-electron chi connectivity index (χ0n) is 9.64. The molecule has 4 heteroatoms. The number of carbonyl (C=O) groups excluding carboxylic acids is 1. The smallest absolute Gasteiger partial charge is 0.244 e. The molecule has 0 saturated heterocycles. The minimum absolute atomic E-state index is 0.420. The molecule has 0 aliphatic rings. The monoisotopic (exact) mass is 260 g/mol.